The Kier molecular flexibility index (Phi) is 3.33. The van der Waals surface area contributed by atoms with Gasteiger partial charge in [-0.05, 0) is 27.2 Å². The van der Waals surface area contributed by atoms with E-state index in [1.54, 1.807) is 5.51 Å². The number of nitrogens with one attached hydrogen (secondary N) is 1. The lowest BCUT2D eigenvalue weighted by atomic mass is 10.0. The van der Waals surface area contributed by atoms with E-state index in [1.165, 1.54) is 11.3 Å². The molecule has 1 fully saturated rings. The lowest BCUT2D eigenvalue weighted by molar-refractivity contribution is -0.125. The summed E-state index contributed by atoms with van der Waals surface area (Å²) in [6.07, 6.45) is 0.890. The van der Waals surface area contributed by atoms with Gasteiger partial charge in [0.25, 0.3) is 0 Å². The molecule has 1 aromatic rings. The van der Waals surface area contributed by atoms with Gasteiger partial charge in [-0.15, -0.1) is 10.2 Å². The highest BCUT2D eigenvalue weighted by atomic mass is 32.1. The van der Waals surface area contributed by atoms with Crippen LogP contribution in [0.1, 0.15) is 27.2 Å². The molecule has 1 amide bonds. The summed E-state index contributed by atoms with van der Waals surface area (Å²) >= 11 is 1.52. The largest absolute Gasteiger partial charge is 0.351 e. The van der Waals surface area contributed by atoms with Crippen LogP contribution >= 0.6 is 11.3 Å². The van der Waals surface area contributed by atoms with Gasteiger partial charge in [0.1, 0.15) is 5.51 Å². The molecular weight excluding hydrogens is 236 g/mol. The summed E-state index contributed by atoms with van der Waals surface area (Å²) in [4.78, 5) is 14.1. The van der Waals surface area contributed by atoms with Crippen LogP contribution in [-0.4, -0.2) is 34.7 Å². The normalized spacial score (nSPS) is 20.6. The predicted octanol–water partition coefficient (Wildman–Crippen LogP) is 1.28. The van der Waals surface area contributed by atoms with Crippen molar-refractivity contribution in [2.45, 2.75) is 32.7 Å². The SMILES string of the molecule is CC(C)(C)NC(=O)C1CCN(c2nncs2)C1. The first-order valence-corrected chi connectivity index (χ1v) is 6.67. The van der Waals surface area contributed by atoms with Gasteiger partial charge in [-0.25, -0.2) is 0 Å². The number of nitrogens with zero attached hydrogens (tertiary/aromatic N) is 3. The summed E-state index contributed by atoms with van der Waals surface area (Å²) in [7, 11) is 0. The van der Waals surface area contributed by atoms with E-state index in [0.29, 0.717) is 0 Å². The number of aromatic nitrogens is 2. The maximum absolute atomic E-state index is 12.0. The molecule has 1 saturated heterocycles. The Balaban J connectivity index is 1.92. The Bertz CT molecular complexity index is 385. The Morgan fingerprint density at radius 3 is 2.94 bits per heavy atom. The van der Waals surface area contributed by atoms with Gasteiger partial charge in [0, 0.05) is 18.6 Å². The van der Waals surface area contributed by atoms with Crippen LogP contribution in [0.2, 0.25) is 0 Å². The van der Waals surface area contributed by atoms with Gasteiger partial charge < -0.3 is 10.2 Å². The van der Waals surface area contributed by atoms with E-state index in [2.05, 4.69) is 20.4 Å². The molecule has 1 aliphatic rings. The molecular formula is C11H18N4OS. The van der Waals surface area contributed by atoms with E-state index in [1.807, 2.05) is 20.8 Å². The van der Waals surface area contributed by atoms with Crippen LogP contribution in [0.4, 0.5) is 5.13 Å². The third-order valence-corrected chi connectivity index (χ3v) is 3.43. The first-order valence-electron chi connectivity index (χ1n) is 5.79. The van der Waals surface area contributed by atoms with Crippen molar-refractivity contribution >= 4 is 22.4 Å². The van der Waals surface area contributed by atoms with E-state index >= 15 is 0 Å². The van der Waals surface area contributed by atoms with Crippen LogP contribution in [0.15, 0.2) is 5.51 Å². The Hall–Kier alpha value is -1.17. The second-order valence-electron chi connectivity index (χ2n) is 5.39. The maximum atomic E-state index is 12.0. The standard InChI is InChI=1S/C11H18N4OS/c1-11(2,3)13-9(16)8-4-5-15(6-8)10-14-12-7-17-10/h7-8H,4-6H2,1-3H3,(H,13,16). The van der Waals surface area contributed by atoms with Gasteiger partial charge in [-0.1, -0.05) is 11.3 Å². The molecule has 1 aliphatic heterocycles. The molecule has 0 saturated carbocycles. The van der Waals surface area contributed by atoms with Crippen molar-refractivity contribution in [2.75, 3.05) is 18.0 Å². The Labute approximate surface area is 105 Å². The topological polar surface area (TPSA) is 58.1 Å². The number of carbonyl (C=O) groups excluding carboxylic acids is 1. The minimum Gasteiger partial charge on any atom is -0.351 e. The number of amides is 1. The average molecular weight is 254 g/mol. The second kappa shape index (κ2) is 4.60. The molecule has 17 heavy (non-hydrogen) atoms. The number of hydrogen-bond acceptors (Lipinski definition) is 5. The number of rotatable bonds is 2. The molecule has 0 aliphatic carbocycles. The molecule has 1 aromatic heterocycles. The average Bonchev–Trinajstić information content (AvgIpc) is 2.86. The summed E-state index contributed by atoms with van der Waals surface area (Å²) in [6, 6.07) is 0. The van der Waals surface area contributed by atoms with Crippen LogP contribution in [0.5, 0.6) is 0 Å². The van der Waals surface area contributed by atoms with Gasteiger partial charge in [0.15, 0.2) is 0 Å². The van der Waals surface area contributed by atoms with Gasteiger partial charge in [0.05, 0.1) is 5.92 Å². The van der Waals surface area contributed by atoms with Crippen molar-refractivity contribution < 1.29 is 4.79 Å². The van der Waals surface area contributed by atoms with Crippen LogP contribution < -0.4 is 10.2 Å². The minimum atomic E-state index is -0.159. The van der Waals surface area contributed by atoms with E-state index in [0.717, 1.165) is 24.6 Å². The molecule has 94 valence electrons. The van der Waals surface area contributed by atoms with Crippen LogP contribution in [0.25, 0.3) is 0 Å². The third kappa shape index (κ3) is 3.15. The van der Waals surface area contributed by atoms with E-state index in [4.69, 9.17) is 0 Å². The van der Waals surface area contributed by atoms with Gasteiger partial charge in [0.2, 0.25) is 11.0 Å². The lowest BCUT2D eigenvalue weighted by Gasteiger charge is -2.23. The van der Waals surface area contributed by atoms with Crippen molar-refractivity contribution in [3.63, 3.8) is 0 Å². The Morgan fingerprint density at radius 2 is 2.35 bits per heavy atom. The molecule has 1 N–H and O–H groups in total. The van der Waals surface area contributed by atoms with Crippen molar-refractivity contribution in [1.82, 2.24) is 15.5 Å². The summed E-state index contributed by atoms with van der Waals surface area (Å²) in [5.41, 5.74) is 1.56. The minimum absolute atomic E-state index is 0.0677. The first kappa shape index (κ1) is 12.3. The van der Waals surface area contributed by atoms with Crippen LogP contribution in [-0.2, 0) is 4.79 Å². The van der Waals surface area contributed by atoms with Crippen molar-refractivity contribution in [3.05, 3.63) is 5.51 Å². The summed E-state index contributed by atoms with van der Waals surface area (Å²) in [5, 5.41) is 11.8. The quantitative estimate of drug-likeness (QED) is 0.863. The zero-order chi connectivity index (χ0) is 12.5. The highest BCUT2D eigenvalue weighted by molar-refractivity contribution is 7.13. The predicted molar refractivity (Wildman–Crippen MR) is 68.1 cm³/mol. The number of anilines is 1. The summed E-state index contributed by atoms with van der Waals surface area (Å²) in [5.74, 6) is 0.211. The zero-order valence-electron chi connectivity index (χ0n) is 10.4. The molecule has 0 radical (unpaired) electrons. The van der Waals surface area contributed by atoms with Crippen molar-refractivity contribution in [3.8, 4) is 0 Å². The molecule has 0 bridgehead atoms. The zero-order valence-corrected chi connectivity index (χ0v) is 11.3. The Morgan fingerprint density at radius 1 is 1.59 bits per heavy atom. The van der Waals surface area contributed by atoms with Gasteiger partial charge in [-0.2, -0.15) is 0 Å². The molecule has 2 rings (SSSR count). The molecule has 0 spiro atoms. The highest BCUT2D eigenvalue weighted by Crippen LogP contribution is 2.25. The molecule has 2 heterocycles. The van der Waals surface area contributed by atoms with Crippen LogP contribution in [0.3, 0.4) is 0 Å². The van der Waals surface area contributed by atoms with Crippen molar-refractivity contribution in [1.29, 1.82) is 0 Å². The molecule has 0 aromatic carbocycles. The summed E-state index contributed by atoms with van der Waals surface area (Å²) in [6.45, 7) is 7.64. The van der Waals surface area contributed by atoms with Gasteiger partial charge in [-0.3, -0.25) is 4.79 Å². The fourth-order valence-electron chi connectivity index (χ4n) is 1.92. The van der Waals surface area contributed by atoms with E-state index < -0.39 is 0 Å². The third-order valence-electron chi connectivity index (χ3n) is 2.68. The van der Waals surface area contributed by atoms with E-state index in [9.17, 15) is 4.79 Å². The smallest absolute Gasteiger partial charge is 0.225 e. The molecule has 1 unspecified atom stereocenters. The van der Waals surface area contributed by atoms with Gasteiger partial charge >= 0.3 is 0 Å². The van der Waals surface area contributed by atoms with Crippen LogP contribution in [0, 0.1) is 5.92 Å². The second-order valence-corrected chi connectivity index (χ2v) is 6.20. The molecule has 5 nitrogen and oxygen atoms in total. The van der Waals surface area contributed by atoms with Crippen molar-refractivity contribution in [2.24, 2.45) is 5.92 Å². The number of hydrogen-bond donors (Lipinski definition) is 1. The maximum Gasteiger partial charge on any atom is 0.225 e. The van der Waals surface area contributed by atoms with E-state index in [-0.39, 0.29) is 17.4 Å². The highest BCUT2D eigenvalue weighted by Gasteiger charge is 2.31. The summed E-state index contributed by atoms with van der Waals surface area (Å²) < 4.78 is 0. The molecule has 1 atom stereocenters. The molecule has 6 heteroatoms. The monoisotopic (exact) mass is 254 g/mol. The fraction of sp³-hybridized carbons (Fsp3) is 0.727. The first-order chi connectivity index (χ1) is 7.96. The number of carbonyl (C=O) groups is 1. The fourth-order valence-corrected chi connectivity index (χ4v) is 2.52. The lowest BCUT2D eigenvalue weighted by Crippen LogP contribution is -2.44.